The van der Waals surface area contributed by atoms with E-state index in [2.05, 4.69) is 62.8 Å². The maximum Gasteiger partial charge on any atom is 0.227 e. The van der Waals surface area contributed by atoms with Gasteiger partial charge in [-0.05, 0) is 55.0 Å². The Hall–Kier alpha value is -2.93. The van der Waals surface area contributed by atoms with Crippen molar-refractivity contribution in [1.82, 2.24) is 25.2 Å². The summed E-state index contributed by atoms with van der Waals surface area (Å²) in [5.74, 6) is 1.23. The van der Waals surface area contributed by atoms with Crippen molar-refractivity contribution in [2.45, 2.75) is 38.3 Å². The van der Waals surface area contributed by atoms with Gasteiger partial charge >= 0.3 is 0 Å². The number of aromatic amines is 1. The second kappa shape index (κ2) is 9.02. The maximum atomic E-state index is 6.53. The Bertz CT molecular complexity index is 1330. The number of nitrogens with zero attached hydrogens (tertiary/aromatic N) is 3. The first-order chi connectivity index (χ1) is 16.6. The zero-order valence-electron chi connectivity index (χ0n) is 19.3. The number of hydrogen-bond acceptors (Lipinski definition) is 5. The number of hydrogen-bond donors (Lipinski definition) is 3. The molecule has 0 unspecified atom stereocenters. The highest BCUT2D eigenvalue weighted by molar-refractivity contribution is 6.33. The first-order valence-corrected chi connectivity index (χ1v) is 12.5. The zero-order valence-corrected chi connectivity index (χ0v) is 20.1. The number of para-hydroxylation sites is 1. The van der Waals surface area contributed by atoms with E-state index < -0.39 is 0 Å². The summed E-state index contributed by atoms with van der Waals surface area (Å²) in [7, 11) is 0. The molecule has 0 spiro atoms. The highest BCUT2D eigenvalue weighted by atomic mass is 35.5. The quantitative estimate of drug-likeness (QED) is 0.336. The van der Waals surface area contributed by atoms with E-state index in [0.717, 1.165) is 54.0 Å². The molecule has 0 radical (unpaired) electrons. The first-order valence-electron chi connectivity index (χ1n) is 12.1. The summed E-state index contributed by atoms with van der Waals surface area (Å²) in [5, 5.41) is 8.63. The van der Waals surface area contributed by atoms with E-state index in [1.54, 1.807) is 6.20 Å². The van der Waals surface area contributed by atoms with Gasteiger partial charge in [-0.3, -0.25) is 4.90 Å². The van der Waals surface area contributed by atoms with E-state index in [-0.39, 0.29) is 0 Å². The Morgan fingerprint density at radius 2 is 2.06 bits per heavy atom. The normalized spacial score (nSPS) is 18.9. The Morgan fingerprint density at radius 3 is 2.91 bits per heavy atom. The molecular weight excluding hydrogens is 444 g/mol. The van der Waals surface area contributed by atoms with Crippen LogP contribution in [0.4, 0.5) is 11.6 Å². The molecule has 6 nitrogen and oxygen atoms in total. The Balaban J connectivity index is 1.30. The van der Waals surface area contributed by atoms with E-state index in [4.69, 9.17) is 16.6 Å². The summed E-state index contributed by atoms with van der Waals surface area (Å²) in [6.45, 7) is 6.41. The number of aromatic nitrogens is 3. The number of anilines is 2. The van der Waals surface area contributed by atoms with Crippen LogP contribution in [-0.2, 0) is 6.54 Å². The summed E-state index contributed by atoms with van der Waals surface area (Å²) in [6.07, 6.45) is 6.19. The van der Waals surface area contributed by atoms with Crippen molar-refractivity contribution in [2.75, 3.05) is 25.0 Å². The van der Waals surface area contributed by atoms with E-state index in [0.29, 0.717) is 22.9 Å². The minimum atomic E-state index is 0.531. The second-order valence-corrected chi connectivity index (χ2v) is 10.00. The van der Waals surface area contributed by atoms with Gasteiger partial charge in [-0.2, -0.15) is 0 Å². The first kappa shape index (κ1) is 21.6. The maximum absolute atomic E-state index is 6.53. The van der Waals surface area contributed by atoms with Crippen molar-refractivity contribution in [3.63, 3.8) is 0 Å². The van der Waals surface area contributed by atoms with Crippen molar-refractivity contribution in [2.24, 2.45) is 0 Å². The molecule has 1 aliphatic carbocycles. The topological polar surface area (TPSA) is 68.9 Å². The predicted octanol–water partition coefficient (Wildman–Crippen LogP) is 5.69. The molecule has 1 aliphatic heterocycles. The van der Waals surface area contributed by atoms with Crippen molar-refractivity contribution in [3.8, 4) is 11.3 Å². The van der Waals surface area contributed by atoms with Crippen LogP contribution in [-0.4, -0.2) is 45.5 Å². The third-order valence-electron chi connectivity index (χ3n) is 6.77. The van der Waals surface area contributed by atoms with E-state index >= 15 is 0 Å². The average Bonchev–Trinajstić information content (AvgIpc) is 3.60. The lowest BCUT2D eigenvalue weighted by molar-refractivity contribution is 0.199. The fourth-order valence-corrected chi connectivity index (χ4v) is 5.15. The molecule has 1 saturated heterocycles. The van der Waals surface area contributed by atoms with Crippen molar-refractivity contribution in [1.29, 1.82) is 0 Å². The molecule has 3 heterocycles. The van der Waals surface area contributed by atoms with E-state index in [1.807, 2.05) is 18.3 Å². The van der Waals surface area contributed by atoms with Gasteiger partial charge in [-0.25, -0.2) is 9.97 Å². The number of nitrogens with one attached hydrogen (secondary N) is 3. The fraction of sp³-hybridized carbons (Fsp3) is 0.333. The van der Waals surface area contributed by atoms with Crippen LogP contribution in [0.2, 0.25) is 5.02 Å². The summed E-state index contributed by atoms with van der Waals surface area (Å²) in [5.41, 5.74) is 6.55. The molecule has 2 aromatic carbocycles. The van der Waals surface area contributed by atoms with Crippen LogP contribution >= 0.6 is 11.6 Å². The third-order valence-corrected chi connectivity index (χ3v) is 7.04. The van der Waals surface area contributed by atoms with Gasteiger partial charge < -0.3 is 15.6 Å². The number of rotatable bonds is 6. The molecule has 174 valence electrons. The Labute approximate surface area is 204 Å². The van der Waals surface area contributed by atoms with Gasteiger partial charge in [0, 0.05) is 60.6 Å². The molecule has 2 aromatic heterocycles. The molecule has 1 saturated carbocycles. The van der Waals surface area contributed by atoms with Crippen LogP contribution < -0.4 is 10.6 Å². The Kier molecular flexibility index (Phi) is 5.73. The molecule has 34 heavy (non-hydrogen) atoms. The molecule has 6 rings (SSSR count). The molecular formula is C27H29ClN6. The minimum Gasteiger partial charge on any atom is -0.360 e. The number of halogens is 1. The highest BCUT2D eigenvalue weighted by Crippen LogP contribution is 2.41. The number of fused-ring (bicyclic) bond motifs is 1. The number of H-pyrrole nitrogens is 1. The van der Waals surface area contributed by atoms with Crippen LogP contribution in [0.3, 0.4) is 0 Å². The van der Waals surface area contributed by atoms with Crippen LogP contribution in [0.15, 0.2) is 54.9 Å². The molecule has 7 heteroatoms. The monoisotopic (exact) mass is 472 g/mol. The highest BCUT2D eigenvalue weighted by Gasteiger charge is 2.25. The number of benzene rings is 2. The third kappa shape index (κ3) is 4.53. The van der Waals surface area contributed by atoms with E-state index in [9.17, 15) is 0 Å². The number of piperazine rings is 1. The summed E-state index contributed by atoms with van der Waals surface area (Å²) >= 11 is 6.53. The molecule has 3 N–H and O–H groups in total. The van der Waals surface area contributed by atoms with Crippen LogP contribution in [0.25, 0.3) is 22.2 Å². The van der Waals surface area contributed by atoms with Crippen molar-refractivity contribution >= 4 is 34.1 Å². The second-order valence-electron chi connectivity index (χ2n) is 9.59. The van der Waals surface area contributed by atoms with Crippen molar-refractivity contribution < 1.29 is 0 Å². The van der Waals surface area contributed by atoms with Gasteiger partial charge in [0.2, 0.25) is 5.95 Å². The summed E-state index contributed by atoms with van der Waals surface area (Å²) in [4.78, 5) is 15.1. The molecule has 4 aromatic rings. The molecule has 2 fully saturated rings. The molecule has 1 atom stereocenters. The lowest BCUT2D eigenvalue weighted by Gasteiger charge is -2.32. The fourth-order valence-electron chi connectivity index (χ4n) is 4.96. The van der Waals surface area contributed by atoms with Gasteiger partial charge in [0.15, 0.2) is 0 Å². The van der Waals surface area contributed by atoms with Gasteiger partial charge in [0.25, 0.3) is 0 Å². The largest absolute Gasteiger partial charge is 0.360 e. The molecule has 0 amide bonds. The van der Waals surface area contributed by atoms with Crippen LogP contribution in [0.5, 0.6) is 0 Å². The zero-order chi connectivity index (χ0) is 23.1. The minimum absolute atomic E-state index is 0.531. The SMILES string of the molecule is C[C@@H]1CN(Cc2cc(Nc3ncc(Cl)c(-c4c[nH]c5ccccc45)n3)cc(C3CC3)c2)CCN1. The smallest absolute Gasteiger partial charge is 0.227 e. The predicted molar refractivity (Wildman–Crippen MR) is 139 cm³/mol. The lowest BCUT2D eigenvalue weighted by Crippen LogP contribution is -2.48. The van der Waals surface area contributed by atoms with Gasteiger partial charge in [0.1, 0.15) is 0 Å². The van der Waals surface area contributed by atoms with Crippen LogP contribution in [0.1, 0.15) is 36.8 Å². The van der Waals surface area contributed by atoms with Gasteiger partial charge in [-0.1, -0.05) is 35.9 Å². The van der Waals surface area contributed by atoms with E-state index in [1.165, 1.54) is 24.0 Å². The average molecular weight is 473 g/mol. The van der Waals surface area contributed by atoms with Crippen LogP contribution in [0, 0.1) is 0 Å². The molecule has 2 aliphatic rings. The van der Waals surface area contributed by atoms with Gasteiger partial charge in [0.05, 0.1) is 16.9 Å². The van der Waals surface area contributed by atoms with Gasteiger partial charge in [-0.15, -0.1) is 0 Å². The summed E-state index contributed by atoms with van der Waals surface area (Å²) in [6, 6.07) is 15.6. The summed E-state index contributed by atoms with van der Waals surface area (Å²) < 4.78 is 0. The lowest BCUT2D eigenvalue weighted by atomic mass is 10.0. The standard InChI is InChI=1S/C27H29ClN6/c1-17-15-34(9-8-29-17)16-18-10-20(19-6-7-19)12-21(11-18)32-27-31-14-24(28)26(33-27)23-13-30-25-5-3-2-4-22(23)25/h2-5,10-14,17,19,29-30H,6-9,15-16H2,1H3,(H,31,32,33)/t17-/m1/s1. The molecule has 0 bridgehead atoms. The van der Waals surface area contributed by atoms with Crippen molar-refractivity contribution in [3.05, 3.63) is 71.0 Å². The Morgan fingerprint density at radius 1 is 1.18 bits per heavy atom.